The van der Waals surface area contributed by atoms with E-state index in [0.717, 1.165) is 16.5 Å². The lowest BCUT2D eigenvalue weighted by molar-refractivity contribution is -0.385. The van der Waals surface area contributed by atoms with Crippen LogP contribution in [0.2, 0.25) is 5.02 Å². The van der Waals surface area contributed by atoms with E-state index in [2.05, 4.69) is 15.9 Å². The van der Waals surface area contributed by atoms with Crippen molar-refractivity contribution >= 4 is 33.2 Å². The van der Waals surface area contributed by atoms with Gasteiger partial charge in [0, 0.05) is 22.5 Å². The lowest BCUT2D eigenvalue weighted by Crippen LogP contribution is -1.95. The quantitative estimate of drug-likeness (QED) is 0.427. The summed E-state index contributed by atoms with van der Waals surface area (Å²) in [6, 6.07) is 9.88. The van der Waals surface area contributed by atoms with Crippen LogP contribution >= 0.6 is 27.5 Å². The fraction of sp³-hybridized carbons (Fsp3) is 0.143. The van der Waals surface area contributed by atoms with E-state index >= 15 is 0 Å². The molecule has 0 radical (unpaired) electrons. The molecule has 6 heteroatoms. The Kier molecular flexibility index (Phi) is 4.62. The third-order valence-electron chi connectivity index (χ3n) is 2.73. The topological polar surface area (TPSA) is 52.4 Å². The first kappa shape index (κ1) is 14.8. The summed E-state index contributed by atoms with van der Waals surface area (Å²) in [6.45, 7) is 1.89. The molecular formula is C14H11BrClNO3. The van der Waals surface area contributed by atoms with Crippen molar-refractivity contribution in [3.8, 4) is 11.5 Å². The maximum absolute atomic E-state index is 11.0. The van der Waals surface area contributed by atoms with E-state index in [1.807, 2.05) is 19.1 Å². The first-order valence-corrected chi connectivity index (χ1v) is 7.28. The molecular weight excluding hydrogens is 346 g/mol. The second kappa shape index (κ2) is 6.24. The minimum absolute atomic E-state index is 0.113. The Labute approximate surface area is 129 Å². The molecule has 0 saturated heterocycles. The third-order valence-corrected chi connectivity index (χ3v) is 3.61. The van der Waals surface area contributed by atoms with Crippen molar-refractivity contribution in [2.45, 2.75) is 12.3 Å². The summed E-state index contributed by atoms with van der Waals surface area (Å²) >= 11 is 9.24. The smallest absolute Gasteiger partial charge is 0.311 e. The van der Waals surface area contributed by atoms with Gasteiger partial charge in [0.05, 0.1) is 4.92 Å². The molecule has 4 nitrogen and oxygen atoms in total. The summed E-state index contributed by atoms with van der Waals surface area (Å²) in [5.74, 6) is 0.706. The SMILES string of the molecule is Cc1cc(CBr)ccc1Oc1cc(Cl)ccc1[N+](=O)[O-]. The Bertz CT molecular complexity index is 661. The van der Waals surface area contributed by atoms with Crippen LogP contribution in [0, 0.1) is 17.0 Å². The van der Waals surface area contributed by atoms with Gasteiger partial charge in [-0.25, -0.2) is 0 Å². The molecule has 0 amide bonds. The standard InChI is InChI=1S/C14H11BrClNO3/c1-9-6-10(8-15)2-5-13(9)20-14-7-11(16)3-4-12(14)17(18)19/h2-7H,8H2,1H3. The number of alkyl halides is 1. The molecule has 0 saturated carbocycles. The molecule has 0 N–H and O–H groups in total. The van der Waals surface area contributed by atoms with Crippen molar-refractivity contribution in [2.24, 2.45) is 0 Å². The van der Waals surface area contributed by atoms with Crippen LogP contribution in [0.1, 0.15) is 11.1 Å². The normalized spacial score (nSPS) is 10.3. The highest BCUT2D eigenvalue weighted by atomic mass is 79.9. The fourth-order valence-electron chi connectivity index (χ4n) is 1.75. The molecule has 0 aliphatic rings. The summed E-state index contributed by atoms with van der Waals surface area (Å²) in [7, 11) is 0. The van der Waals surface area contributed by atoms with E-state index in [0.29, 0.717) is 10.8 Å². The van der Waals surface area contributed by atoms with E-state index in [1.54, 1.807) is 6.07 Å². The van der Waals surface area contributed by atoms with Gasteiger partial charge in [0.2, 0.25) is 5.75 Å². The molecule has 0 atom stereocenters. The van der Waals surface area contributed by atoms with E-state index in [1.165, 1.54) is 18.2 Å². The van der Waals surface area contributed by atoms with Gasteiger partial charge in [0.25, 0.3) is 0 Å². The second-order valence-corrected chi connectivity index (χ2v) is 5.20. The Morgan fingerprint density at radius 2 is 2.00 bits per heavy atom. The maximum atomic E-state index is 11.0. The van der Waals surface area contributed by atoms with Crippen molar-refractivity contribution in [1.82, 2.24) is 0 Å². The molecule has 0 aliphatic heterocycles. The summed E-state index contributed by atoms with van der Waals surface area (Å²) in [5.41, 5.74) is 1.89. The average Bonchev–Trinajstić information content (AvgIpc) is 2.40. The predicted molar refractivity (Wildman–Crippen MR) is 82.0 cm³/mol. The van der Waals surface area contributed by atoms with Crippen LogP contribution in [-0.4, -0.2) is 4.92 Å². The minimum atomic E-state index is -0.492. The molecule has 0 aliphatic carbocycles. The van der Waals surface area contributed by atoms with Crippen molar-refractivity contribution in [3.63, 3.8) is 0 Å². The summed E-state index contributed by atoms with van der Waals surface area (Å²) in [6.07, 6.45) is 0. The number of aryl methyl sites for hydroxylation is 1. The van der Waals surface area contributed by atoms with Gasteiger partial charge < -0.3 is 4.74 Å². The largest absolute Gasteiger partial charge is 0.450 e. The Morgan fingerprint density at radius 3 is 2.60 bits per heavy atom. The second-order valence-electron chi connectivity index (χ2n) is 4.20. The zero-order valence-corrected chi connectivity index (χ0v) is 12.9. The highest BCUT2D eigenvalue weighted by Crippen LogP contribution is 2.35. The monoisotopic (exact) mass is 355 g/mol. The van der Waals surface area contributed by atoms with E-state index in [9.17, 15) is 10.1 Å². The predicted octanol–water partition coefficient (Wildman–Crippen LogP) is 5.24. The van der Waals surface area contributed by atoms with Crippen LogP contribution < -0.4 is 4.74 Å². The van der Waals surface area contributed by atoms with Crippen molar-refractivity contribution in [3.05, 3.63) is 62.7 Å². The van der Waals surface area contributed by atoms with Gasteiger partial charge >= 0.3 is 5.69 Å². The van der Waals surface area contributed by atoms with Crippen LogP contribution in [0.5, 0.6) is 11.5 Å². The van der Waals surface area contributed by atoms with Crippen LogP contribution in [-0.2, 0) is 5.33 Å². The molecule has 104 valence electrons. The number of ether oxygens (including phenoxy) is 1. The molecule has 20 heavy (non-hydrogen) atoms. The molecule has 2 rings (SSSR count). The lowest BCUT2D eigenvalue weighted by Gasteiger charge is -2.10. The molecule has 0 fully saturated rings. The zero-order valence-electron chi connectivity index (χ0n) is 10.6. The van der Waals surface area contributed by atoms with Crippen molar-refractivity contribution < 1.29 is 9.66 Å². The minimum Gasteiger partial charge on any atom is -0.450 e. The Morgan fingerprint density at radius 1 is 1.25 bits per heavy atom. The van der Waals surface area contributed by atoms with E-state index in [-0.39, 0.29) is 11.4 Å². The molecule has 0 aromatic heterocycles. The summed E-state index contributed by atoms with van der Waals surface area (Å²) < 4.78 is 5.64. The van der Waals surface area contributed by atoms with Gasteiger partial charge in [-0.1, -0.05) is 39.7 Å². The number of benzene rings is 2. The summed E-state index contributed by atoms with van der Waals surface area (Å²) in [4.78, 5) is 10.5. The maximum Gasteiger partial charge on any atom is 0.311 e. The number of halogens is 2. The van der Waals surface area contributed by atoms with Gasteiger partial charge in [-0.3, -0.25) is 10.1 Å². The number of hydrogen-bond acceptors (Lipinski definition) is 3. The first-order valence-electron chi connectivity index (χ1n) is 5.78. The van der Waals surface area contributed by atoms with Gasteiger partial charge in [-0.15, -0.1) is 0 Å². The van der Waals surface area contributed by atoms with Gasteiger partial charge in [-0.05, 0) is 30.2 Å². The van der Waals surface area contributed by atoms with Gasteiger partial charge in [0.15, 0.2) is 0 Å². The number of hydrogen-bond donors (Lipinski definition) is 0. The Balaban J connectivity index is 2.39. The summed E-state index contributed by atoms with van der Waals surface area (Å²) in [5, 5.41) is 12.1. The lowest BCUT2D eigenvalue weighted by atomic mass is 10.1. The van der Waals surface area contributed by atoms with Gasteiger partial charge in [-0.2, -0.15) is 0 Å². The molecule has 0 unspecified atom stereocenters. The molecule has 0 heterocycles. The number of nitrogens with zero attached hydrogens (tertiary/aromatic N) is 1. The van der Waals surface area contributed by atoms with Crippen LogP contribution in [0.4, 0.5) is 5.69 Å². The van der Waals surface area contributed by atoms with E-state index < -0.39 is 4.92 Å². The number of nitro benzene ring substituents is 1. The zero-order chi connectivity index (χ0) is 14.7. The van der Waals surface area contributed by atoms with Crippen LogP contribution in [0.25, 0.3) is 0 Å². The Hall–Kier alpha value is -1.59. The highest BCUT2D eigenvalue weighted by Gasteiger charge is 2.16. The highest BCUT2D eigenvalue weighted by molar-refractivity contribution is 9.08. The number of rotatable bonds is 4. The average molecular weight is 357 g/mol. The van der Waals surface area contributed by atoms with Crippen LogP contribution in [0.15, 0.2) is 36.4 Å². The fourth-order valence-corrected chi connectivity index (χ4v) is 2.26. The van der Waals surface area contributed by atoms with Crippen molar-refractivity contribution in [2.75, 3.05) is 0 Å². The van der Waals surface area contributed by atoms with Gasteiger partial charge in [0.1, 0.15) is 5.75 Å². The van der Waals surface area contributed by atoms with Crippen LogP contribution in [0.3, 0.4) is 0 Å². The van der Waals surface area contributed by atoms with E-state index in [4.69, 9.17) is 16.3 Å². The molecule has 0 spiro atoms. The third kappa shape index (κ3) is 3.29. The number of nitro groups is 1. The van der Waals surface area contributed by atoms with Crippen molar-refractivity contribution in [1.29, 1.82) is 0 Å². The molecule has 2 aromatic carbocycles. The first-order chi connectivity index (χ1) is 9.51. The molecule has 0 bridgehead atoms. The molecule has 2 aromatic rings.